The highest BCUT2D eigenvalue weighted by Crippen LogP contribution is 2.31. The molecule has 0 saturated carbocycles. The van der Waals surface area contributed by atoms with E-state index in [1.807, 2.05) is 12.3 Å². The van der Waals surface area contributed by atoms with Crippen LogP contribution in [0.4, 0.5) is 0 Å². The molecule has 1 N–H and O–H groups in total. The van der Waals surface area contributed by atoms with Crippen LogP contribution in [-0.2, 0) is 17.6 Å². The maximum absolute atomic E-state index is 10.9. The predicted octanol–water partition coefficient (Wildman–Crippen LogP) is 3.24. The quantitative estimate of drug-likeness (QED) is 0.805. The molecule has 1 rings (SSSR count). The monoisotopic (exact) mass is 268 g/mol. The Morgan fingerprint density at radius 3 is 2.56 bits per heavy atom. The van der Waals surface area contributed by atoms with E-state index in [9.17, 15) is 4.79 Å². The van der Waals surface area contributed by atoms with Crippen molar-refractivity contribution in [2.45, 2.75) is 31.6 Å². The number of carboxylic acid groups (broad SMARTS) is 1. The Kier molecular flexibility index (Phi) is 5.54. The Labute approximate surface area is 113 Å². The van der Waals surface area contributed by atoms with Crippen molar-refractivity contribution in [3.05, 3.63) is 23.3 Å². The van der Waals surface area contributed by atoms with Gasteiger partial charge in [0.1, 0.15) is 5.75 Å². The Balaban J connectivity index is 3.13. The smallest absolute Gasteiger partial charge is 0.306 e. The number of ether oxygens (including phenoxy) is 1. The summed E-state index contributed by atoms with van der Waals surface area (Å²) in [7, 11) is 1.65. The summed E-state index contributed by atoms with van der Waals surface area (Å²) < 4.78 is 5.36. The minimum Gasteiger partial charge on any atom is -0.496 e. The predicted molar refractivity (Wildman–Crippen MR) is 74.7 cm³/mol. The molecule has 0 radical (unpaired) electrons. The van der Waals surface area contributed by atoms with E-state index in [2.05, 4.69) is 13.0 Å². The number of rotatable bonds is 6. The molecule has 3 nitrogen and oxygen atoms in total. The lowest BCUT2D eigenvalue weighted by molar-refractivity contribution is -0.141. The average Bonchev–Trinajstić information content (AvgIpc) is 2.37. The van der Waals surface area contributed by atoms with Gasteiger partial charge in [0.05, 0.1) is 13.0 Å². The second-order valence-corrected chi connectivity index (χ2v) is 5.12. The highest BCUT2D eigenvalue weighted by atomic mass is 32.2. The molecule has 0 saturated heterocycles. The summed E-state index contributed by atoms with van der Waals surface area (Å²) in [6.07, 6.45) is 3.45. The Morgan fingerprint density at radius 1 is 1.44 bits per heavy atom. The van der Waals surface area contributed by atoms with E-state index in [0.29, 0.717) is 6.42 Å². The van der Waals surface area contributed by atoms with Gasteiger partial charge >= 0.3 is 5.97 Å². The molecule has 0 spiro atoms. The lowest BCUT2D eigenvalue weighted by Gasteiger charge is -2.15. The zero-order chi connectivity index (χ0) is 13.7. The van der Waals surface area contributed by atoms with Crippen LogP contribution in [0.1, 0.15) is 25.0 Å². The minimum absolute atomic E-state index is 0.381. The number of hydrogen-bond donors (Lipinski definition) is 1. The standard InChI is InChI=1S/C14H20O3S/c1-5-10-8-13(18-4)11(7-12(10)17-3)6-9(2)14(15)16/h7-9H,5-6H2,1-4H3,(H,15,16). The first-order valence-electron chi connectivity index (χ1n) is 6.00. The van der Waals surface area contributed by atoms with Crippen molar-refractivity contribution < 1.29 is 14.6 Å². The van der Waals surface area contributed by atoms with Crippen LogP contribution in [0, 0.1) is 5.92 Å². The summed E-state index contributed by atoms with van der Waals surface area (Å²) in [5.74, 6) is -0.295. The highest BCUT2D eigenvalue weighted by Gasteiger charge is 2.16. The highest BCUT2D eigenvalue weighted by molar-refractivity contribution is 7.98. The van der Waals surface area contributed by atoms with Crippen molar-refractivity contribution in [1.29, 1.82) is 0 Å². The number of aryl methyl sites for hydroxylation is 1. The Hall–Kier alpha value is -1.16. The van der Waals surface area contributed by atoms with E-state index in [4.69, 9.17) is 9.84 Å². The van der Waals surface area contributed by atoms with Crippen LogP contribution >= 0.6 is 11.8 Å². The number of thioether (sulfide) groups is 1. The van der Waals surface area contributed by atoms with E-state index in [-0.39, 0.29) is 5.92 Å². The maximum Gasteiger partial charge on any atom is 0.306 e. The second-order valence-electron chi connectivity index (χ2n) is 4.27. The third-order valence-electron chi connectivity index (χ3n) is 3.01. The van der Waals surface area contributed by atoms with E-state index in [0.717, 1.165) is 28.2 Å². The largest absolute Gasteiger partial charge is 0.496 e. The van der Waals surface area contributed by atoms with Crippen LogP contribution in [0.25, 0.3) is 0 Å². The number of carboxylic acids is 1. The summed E-state index contributed by atoms with van der Waals surface area (Å²) in [4.78, 5) is 12.1. The number of methoxy groups -OCH3 is 1. The van der Waals surface area contributed by atoms with Gasteiger partial charge in [-0.05, 0) is 42.4 Å². The van der Waals surface area contributed by atoms with Gasteiger partial charge < -0.3 is 9.84 Å². The zero-order valence-corrected chi connectivity index (χ0v) is 12.1. The van der Waals surface area contributed by atoms with Crippen molar-refractivity contribution in [1.82, 2.24) is 0 Å². The third kappa shape index (κ3) is 3.42. The van der Waals surface area contributed by atoms with Gasteiger partial charge in [0, 0.05) is 4.90 Å². The van der Waals surface area contributed by atoms with E-state index in [1.54, 1.807) is 25.8 Å². The Bertz CT molecular complexity index is 429. The fourth-order valence-corrected chi connectivity index (χ4v) is 2.54. The number of carbonyl (C=O) groups is 1. The van der Waals surface area contributed by atoms with Crippen molar-refractivity contribution in [2.24, 2.45) is 5.92 Å². The first kappa shape index (κ1) is 14.9. The molecular formula is C14H20O3S. The molecule has 0 aromatic heterocycles. The molecule has 1 atom stereocenters. The first-order chi connectivity index (χ1) is 8.53. The summed E-state index contributed by atoms with van der Waals surface area (Å²) in [6, 6.07) is 4.08. The van der Waals surface area contributed by atoms with Crippen molar-refractivity contribution in [3.8, 4) is 5.75 Å². The van der Waals surface area contributed by atoms with Crippen LogP contribution in [0.2, 0.25) is 0 Å². The maximum atomic E-state index is 10.9. The van der Waals surface area contributed by atoms with E-state index < -0.39 is 5.97 Å². The molecule has 0 aliphatic carbocycles. The molecule has 4 heteroatoms. The van der Waals surface area contributed by atoms with E-state index >= 15 is 0 Å². The second kappa shape index (κ2) is 6.69. The van der Waals surface area contributed by atoms with Crippen LogP contribution in [-0.4, -0.2) is 24.4 Å². The summed E-state index contributed by atoms with van der Waals surface area (Å²) in [6.45, 7) is 3.81. The topological polar surface area (TPSA) is 46.5 Å². The molecule has 0 aliphatic rings. The zero-order valence-electron chi connectivity index (χ0n) is 11.3. The SMILES string of the molecule is CCc1cc(SC)c(CC(C)C(=O)O)cc1OC. The van der Waals surface area contributed by atoms with Gasteiger partial charge in [0.2, 0.25) is 0 Å². The van der Waals surface area contributed by atoms with Gasteiger partial charge in [-0.15, -0.1) is 11.8 Å². The van der Waals surface area contributed by atoms with Gasteiger partial charge in [-0.2, -0.15) is 0 Å². The molecule has 0 fully saturated rings. The van der Waals surface area contributed by atoms with Crippen LogP contribution in [0.15, 0.2) is 17.0 Å². The lowest BCUT2D eigenvalue weighted by Crippen LogP contribution is -2.13. The number of benzene rings is 1. The van der Waals surface area contributed by atoms with E-state index in [1.165, 1.54) is 0 Å². The van der Waals surface area contributed by atoms with Crippen LogP contribution < -0.4 is 4.74 Å². The molecule has 0 bridgehead atoms. The normalized spacial score (nSPS) is 12.2. The van der Waals surface area contributed by atoms with Crippen LogP contribution in [0.5, 0.6) is 5.75 Å². The van der Waals surface area contributed by atoms with Gasteiger partial charge in [-0.25, -0.2) is 0 Å². The van der Waals surface area contributed by atoms with Crippen molar-refractivity contribution in [2.75, 3.05) is 13.4 Å². The minimum atomic E-state index is -0.763. The molecule has 0 aliphatic heterocycles. The van der Waals surface area contributed by atoms with Crippen LogP contribution in [0.3, 0.4) is 0 Å². The molecule has 0 heterocycles. The summed E-state index contributed by atoms with van der Waals surface area (Å²) in [5, 5.41) is 9.00. The summed E-state index contributed by atoms with van der Waals surface area (Å²) >= 11 is 1.65. The van der Waals surface area contributed by atoms with Gasteiger partial charge in [0.25, 0.3) is 0 Å². The summed E-state index contributed by atoms with van der Waals surface area (Å²) in [5.41, 5.74) is 2.21. The third-order valence-corrected chi connectivity index (χ3v) is 3.83. The molecular weight excluding hydrogens is 248 g/mol. The first-order valence-corrected chi connectivity index (χ1v) is 7.22. The molecule has 1 aromatic carbocycles. The molecule has 100 valence electrons. The molecule has 1 unspecified atom stereocenters. The fourth-order valence-electron chi connectivity index (χ4n) is 1.88. The fraction of sp³-hybridized carbons (Fsp3) is 0.500. The van der Waals surface area contributed by atoms with Crippen molar-refractivity contribution >= 4 is 17.7 Å². The molecule has 18 heavy (non-hydrogen) atoms. The van der Waals surface area contributed by atoms with Gasteiger partial charge in [-0.1, -0.05) is 13.8 Å². The lowest BCUT2D eigenvalue weighted by atomic mass is 9.99. The average molecular weight is 268 g/mol. The number of hydrogen-bond acceptors (Lipinski definition) is 3. The Morgan fingerprint density at radius 2 is 2.11 bits per heavy atom. The van der Waals surface area contributed by atoms with Gasteiger partial charge in [-0.3, -0.25) is 4.79 Å². The van der Waals surface area contributed by atoms with Crippen molar-refractivity contribution in [3.63, 3.8) is 0 Å². The molecule has 0 amide bonds. The van der Waals surface area contributed by atoms with Gasteiger partial charge in [0.15, 0.2) is 0 Å². The number of aliphatic carboxylic acids is 1. The molecule has 1 aromatic rings.